The van der Waals surface area contributed by atoms with Crippen LogP contribution in [0.4, 0.5) is 35.1 Å². The van der Waals surface area contributed by atoms with Crippen LogP contribution in [0.5, 0.6) is 23.0 Å². The summed E-state index contributed by atoms with van der Waals surface area (Å²) in [4.78, 5) is 14.7. The second kappa shape index (κ2) is 19.0. The molecule has 8 bridgehead atoms. The Hall–Kier alpha value is -8.44. The SMILES string of the molecule is OCC(O)COc1c(F)c(F)c(-c2c3nc(c(-c4cccc(O)c4)c4ccc([nH]4)c(-c4c(F)c(F)c(OCC(O)CO)c(F)c4F)c4nc(c(-c5cccc(O)c5)c5ccc2[nH]5)C(O)=C4O)C=C3)c(F)c1F. The molecule has 0 saturated carbocycles. The van der Waals surface area contributed by atoms with Crippen LogP contribution >= 0.6 is 0 Å². The largest absolute Gasteiger partial charge is 0.508 e. The van der Waals surface area contributed by atoms with Crippen LogP contribution in [0.15, 0.2) is 72.8 Å². The predicted molar refractivity (Wildman–Crippen MR) is 244 cm³/mol. The molecule has 2 aliphatic heterocycles. The number of phenolic OH excluding ortho intramolecular Hbond substituents is 2. The highest BCUT2D eigenvalue weighted by Crippen LogP contribution is 2.46. The standard InChI is InChI=1S/C50H34F8N4O10/c51-37-35(38(52)42(56)49(41(37)55)71-17-23(67)15-63)33-28-10-7-25(59-28)31(19-3-1-5-21(65)13-19)26-8-12-30(60-26)34(36-39(53)43(57)50(44(58)40(36)54)72-18-24(68)16-64)46-48(70)47(69)45(62-46)32(27-9-11-29(33)61-27)20-4-2-6-22(66)14-20/h1-14,23-24,60-61,63-70H,15-18H2. The topological polar surface area (TPSA) is 238 Å². The molecule has 5 heterocycles. The number of halogens is 8. The fourth-order valence-electron chi connectivity index (χ4n) is 8.15. The molecule has 0 amide bonds. The van der Waals surface area contributed by atoms with Crippen molar-refractivity contribution < 1.29 is 85.4 Å². The Kier molecular flexibility index (Phi) is 12.9. The Morgan fingerprint density at radius 2 is 0.819 bits per heavy atom. The summed E-state index contributed by atoms with van der Waals surface area (Å²) >= 11 is 0. The van der Waals surface area contributed by atoms with Crippen molar-refractivity contribution in [2.75, 3.05) is 26.4 Å². The number of hydrogen-bond acceptors (Lipinski definition) is 12. The van der Waals surface area contributed by atoms with Gasteiger partial charge in [0.1, 0.15) is 48.3 Å². The number of rotatable bonds is 12. The molecule has 14 nitrogen and oxygen atoms in total. The van der Waals surface area contributed by atoms with E-state index in [-0.39, 0.29) is 55.9 Å². The van der Waals surface area contributed by atoms with Gasteiger partial charge in [-0.2, -0.15) is 17.6 Å². The Morgan fingerprint density at radius 1 is 0.444 bits per heavy atom. The van der Waals surface area contributed by atoms with Gasteiger partial charge in [-0.3, -0.25) is 0 Å². The van der Waals surface area contributed by atoms with E-state index in [0.29, 0.717) is 0 Å². The lowest BCUT2D eigenvalue weighted by Crippen LogP contribution is -2.22. The number of hydrogen-bond donors (Lipinski definition) is 10. The number of ether oxygens (including phenoxy) is 2. The predicted octanol–water partition coefficient (Wildman–Crippen LogP) is 9.08. The van der Waals surface area contributed by atoms with E-state index in [1.165, 1.54) is 66.7 Å². The van der Waals surface area contributed by atoms with Crippen LogP contribution in [0, 0.1) is 46.5 Å². The third-order valence-electron chi connectivity index (χ3n) is 11.4. The number of nitrogens with one attached hydrogen (secondary N) is 2. The Bertz CT molecular complexity index is 3560. The minimum atomic E-state index is -2.13. The molecule has 22 heteroatoms. The van der Waals surface area contributed by atoms with Gasteiger partial charge in [0.2, 0.25) is 23.3 Å². The maximum absolute atomic E-state index is 16.6. The summed E-state index contributed by atoms with van der Waals surface area (Å²) in [6.45, 7) is -3.89. The fraction of sp³-hybridized carbons (Fsp3) is 0.120. The Labute approximate surface area is 398 Å². The summed E-state index contributed by atoms with van der Waals surface area (Å²) in [6.07, 6.45) is -0.960. The molecule has 2 atom stereocenters. The lowest BCUT2D eigenvalue weighted by atomic mass is 10.00. The number of aromatic amines is 2. The van der Waals surface area contributed by atoms with Crippen molar-refractivity contribution in [2.45, 2.75) is 12.2 Å². The van der Waals surface area contributed by atoms with E-state index in [2.05, 4.69) is 19.9 Å². The molecule has 7 aromatic rings. The van der Waals surface area contributed by atoms with E-state index < -0.39 is 153 Å². The van der Waals surface area contributed by atoms with Gasteiger partial charge in [-0.05, 0) is 71.8 Å². The Balaban J connectivity index is 1.48. The number of nitrogens with zero attached hydrogens (tertiary/aromatic N) is 2. The molecular weight excluding hydrogens is 969 g/mol. The van der Waals surface area contributed by atoms with E-state index in [4.69, 9.17) is 9.47 Å². The lowest BCUT2D eigenvalue weighted by molar-refractivity contribution is 0.0504. The van der Waals surface area contributed by atoms with E-state index in [1.807, 2.05) is 0 Å². The second-order valence-corrected chi connectivity index (χ2v) is 16.1. The first-order valence-electron chi connectivity index (χ1n) is 21.2. The molecule has 0 aliphatic carbocycles. The highest BCUT2D eigenvalue weighted by molar-refractivity contribution is 6.03. The van der Waals surface area contributed by atoms with Crippen molar-refractivity contribution in [1.82, 2.24) is 19.9 Å². The number of aromatic nitrogens is 4. The van der Waals surface area contributed by atoms with Crippen LogP contribution in [0.25, 0.3) is 90.2 Å². The molecule has 370 valence electrons. The van der Waals surface area contributed by atoms with Gasteiger partial charge >= 0.3 is 0 Å². The van der Waals surface area contributed by atoms with Gasteiger partial charge in [0.25, 0.3) is 0 Å². The highest BCUT2D eigenvalue weighted by Gasteiger charge is 2.35. The maximum atomic E-state index is 16.6. The first-order valence-corrected chi connectivity index (χ1v) is 21.2. The van der Waals surface area contributed by atoms with Crippen molar-refractivity contribution in [3.05, 3.63) is 142 Å². The third kappa shape index (κ3) is 8.34. The van der Waals surface area contributed by atoms with Gasteiger partial charge in [0.15, 0.2) is 46.3 Å². The van der Waals surface area contributed by atoms with E-state index in [1.54, 1.807) is 0 Å². The third-order valence-corrected chi connectivity index (χ3v) is 11.4. The zero-order valence-electron chi connectivity index (χ0n) is 36.4. The summed E-state index contributed by atoms with van der Waals surface area (Å²) in [7, 11) is 0. The van der Waals surface area contributed by atoms with Crippen LogP contribution < -0.4 is 9.47 Å². The molecule has 10 N–H and O–H groups in total. The van der Waals surface area contributed by atoms with Gasteiger partial charge in [-0.15, -0.1) is 0 Å². The normalized spacial score (nSPS) is 13.2. The molecule has 0 spiro atoms. The summed E-state index contributed by atoms with van der Waals surface area (Å²) in [5, 5.41) is 82.7. The molecule has 3 aromatic heterocycles. The van der Waals surface area contributed by atoms with E-state index >= 15 is 35.1 Å². The quantitative estimate of drug-likeness (QED) is 0.0408. The van der Waals surface area contributed by atoms with Gasteiger partial charge in [0.05, 0.1) is 35.7 Å². The number of aromatic hydroxyl groups is 2. The van der Waals surface area contributed by atoms with Crippen LogP contribution in [0.1, 0.15) is 22.8 Å². The van der Waals surface area contributed by atoms with Crippen molar-refractivity contribution in [3.8, 4) is 67.5 Å². The number of aliphatic hydroxyl groups is 6. The van der Waals surface area contributed by atoms with Gasteiger partial charge in [-0.1, -0.05) is 24.3 Å². The number of aliphatic hydroxyl groups excluding tert-OH is 6. The number of H-pyrrole nitrogens is 2. The summed E-state index contributed by atoms with van der Waals surface area (Å²) < 4.78 is 140. The number of phenols is 2. The molecule has 0 radical (unpaired) electrons. The van der Waals surface area contributed by atoms with Crippen molar-refractivity contribution in [2.24, 2.45) is 0 Å². The van der Waals surface area contributed by atoms with E-state index in [0.717, 1.165) is 18.2 Å². The number of fused-ring (bicyclic) bond motifs is 8. The van der Waals surface area contributed by atoms with Crippen LogP contribution in [0.2, 0.25) is 0 Å². The fourth-order valence-corrected chi connectivity index (χ4v) is 8.15. The smallest absolute Gasteiger partial charge is 0.204 e. The first kappa shape index (κ1) is 48.6. The maximum Gasteiger partial charge on any atom is 0.204 e. The second-order valence-electron chi connectivity index (χ2n) is 16.1. The van der Waals surface area contributed by atoms with Gasteiger partial charge < -0.3 is 60.3 Å². The zero-order chi connectivity index (χ0) is 51.4. The van der Waals surface area contributed by atoms with Crippen molar-refractivity contribution in [1.29, 1.82) is 0 Å². The van der Waals surface area contributed by atoms with Crippen LogP contribution in [-0.2, 0) is 0 Å². The van der Waals surface area contributed by atoms with E-state index in [9.17, 15) is 40.9 Å². The van der Waals surface area contributed by atoms with Gasteiger partial charge in [-0.25, -0.2) is 27.5 Å². The molecule has 0 saturated heterocycles. The first-order chi connectivity index (χ1) is 34.4. The zero-order valence-corrected chi connectivity index (χ0v) is 36.4. The highest BCUT2D eigenvalue weighted by atomic mass is 19.2. The van der Waals surface area contributed by atoms with Crippen LogP contribution in [-0.4, -0.2) is 99.4 Å². The van der Waals surface area contributed by atoms with Crippen molar-refractivity contribution in [3.63, 3.8) is 0 Å². The molecule has 2 unspecified atom stereocenters. The van der Waals surface area contributed by atoms with Crippen LogP contribution in [0.3, 0.4) is 0 Å². The van der Waals surface area contributed by atoms with Crippen molar-refractivity contribution >= 4 is 45.7 Å². The van der Waals surface area contributed by atoms with Gasteiger partial charge in [0, 0.05) is 44.3 Å². The molecule has 9 rings (SSSR count). The molecule has 4 aromatic carbocycles. The molecule has 2 aliphatic rings. The molecule has 72 heavy (non-hydrogen) atoms. The molecular formula is C50H34F8N4O10. The summed E-state index contributed by atoms with van der Waals surface area (Å²) in [5.41, 5.74) is -7.91. The summed E-state index contributed by atoms with van der Waals surface area (Å²) in [6, 6.07) is 15.1. The minimum Gasteiger partial charge on any atom is -0.508 e. The monoisotopic (exact) mass is 1000 g/mol. The summed E-state index contributed by atoms with van der Waals surface area (Å²) in [5.74, 6) is -23.0. The Morgan fingerprint density at radius 3 is 1.26 bits per heavy atom. The molecule has 0 fully saturated rings. The average molecular weight is 1000 g/mol. The minimum absolute atomic E-state index is 0.0157. The average Bonchev–Trinajstić information content (AvgIpc) is 4.20. The lowest BCUT2D eigenvalue weighted by Gasteiger charge is -2.15. The number of benzene rings is 4.